The van der Waals surface area contributed by atoms with Gasteiger partial charge in [-0.25, -0.2) is 27.7 Å². The Morgan fingerprint density at radius 3 is 2.11 bits per heavy atom. The Labute approximate surface area is 383 Å². The van der Waals surface area contributed by atoms with E-state index >= 15 is 0 Å². The van der Waals surface area contributed by atoms with Crippen LogP contribution < -0.4 is 15.4 Å². The lowest BCUT2D eigenvalue weighted by atomic mass is 9.77. The molecule has 16 heteroatoms. The van der Waals surface area contributed by atoms with Crippen LogP contribution in [0.2, 0.25) is 0 Å². The second-order valence-corrected chi connectivity index (χ2v) is 21.4. The lowest BCUT2D eigenvalue weighted by Crippen LogP contribution is -2.51. The van der Waals surface area contributed by atoms with E-state index in [2.05, 4.69) is 30.6 Å². The molecule has 1 saturated carbocycles. The summed E-state index contributed by atoms with van der Waals surface area (Å²) in [7, 11) is -3.84. The summed E-state index contributed by atoms with van der Waals surface area (Å²) >= 11 is 0. The highest BCUT2D eigenvalue weighted by atomic mass is 32.2. The molecular weight excluding hydrogens is 847 g/mol. The van der Waals surface area contributed by atoms with Gasteiger partial charge in [0.25, 0.3) is 0 Å². The van der Waals surface area contributed by atoms with Gasteiger partial charge in [-0.1, -0.05) is 30.3 Å². The van der Waals surface area contributed by atoms with Crippen molar-refractivity contribution in [3.8, 4) is 11.1 Å². The molecule has 1 aliphatic carbocycles. The number of aliphatic imine (C=N–C) groups is 1. The van der Waals surface area contributed by atoms with Crippen LogP contribution in [0.25, 0.3) is 11.1 Å². The smallest absolute Gasteiger partial charge is 0.410 e. The maximum atomic E-state index is 14.0. The average molecular weight is 912 g/mol. The molecular formula is C49H65N7O8S. The van der Waals surface area contributed by atoms with Crippen molar-refractivity contribution in [3.05, 3.63) is 83.4 Å². The molecule has 0 aromatic heterocycles. The van der Waals surface area contributed by atoms with E-state index in [-0.39, 0.29) is 46.9 Å². The first-order valence-corrected chi connectivity index (χ1v) is 24.2. The predicted molar refractivity (Wildman–Crippen MR) is 250 cm³/mol. The summed E-state index contributed by atoms with van der Waals surface area (Å²) in [6, 6.07) is 19.6. The second kappa shape index (κ2) is 20.8. The summed E-state index contributed by atoms with van der Waals surface area (Å²) in [5.41, 5.74) is 3.59. The van der Waals surface area contributed by atoms with Crippen molar-refractivity contribution in [3.63, 3.8) is 0 Å². The molecule has 3 aliphatic rings. The zero-order chi connectivity index (χ0) is 47.1. The van der Waals surface area contributed by atoms with Crippen LogP contribution in [0, 0.1) is 24.7 Å². The molecule has 3 N–H and O–H groups in total. The summed E-state index contributed by atoms with van der Waals surface area (Å²) in [5.74, 6) is -0.224. The molecule has 350 valence electrons. The van der Waals surface area contributed by atoms with Gasteiger partial charge in [0.2, 0.25) is 15.9 Å². The Bertz CT molecular complexity index is 2360. The van der Waals surface area contributed by atoms with Gasteiger partial charge in [-0.15, -0.1) is 5.11 Å². The van der Waals surface area contributed by atoms with Gasteiger partial charge in [0.15, 0.2) is 12.5 Å². The van der Waals surface area contributed by atoms with Gasteiger partial charge in [0.1, 0.15) is 17.0 Å². The number of sulfonamides is 1. The van der Waals surface area contributed by atoms with E-state index in [0.29, 0.717) is 63.4 Å². The van der Waals surface area contributed by atoms with Crippen molar-refractivity contribution in [2.45, 2.75) is 135 Å². The molecule has 2 unspecified atom stereocenters. The number of amidine groups is 1. The summed E-state index contributed by atoms with van der Waals surface area (Å²) < 4.78 is 40.9. The maximum absolute atomic E-state index is 14.0. The van der Waals surface area contributed by atoms with E-state index in [4.69, 9.17) is 9.47 Å². The van der Waals surface area contributed by atoms with Crippen LogP contribution in [0.4, 0.5) is 15.3 Å². The number of anilines is 1. The Hall–Kier alpha value is -5.48. The van der Waals surface area contributed by atoms with Crippen LogP contribution in [0.3, 0.4) is 0 Å². The Morgan fingerprint density at radius 2 is 1.51 bits per heavy atom. The number of hydrogen-bond acceptors (Lipinski definition) is 11. The number of Topliss-reactive ketones (excluding diaryl/α,β-unsaturated/α-hetero) is 1. The Balaban J connectivity index is 1.09. The number of rotatable bonds is 14. The topological polar surface area (TPSA) is 197 Å². The first-order chi connectivity index (χ1) is 30.6. The van der Waals surface area contributed by atoms with E-state index in [0.717, 1.165) is 40.7 Å². The van der Waals surface area contributed by atoms with E-state index in [1.165, 1.54) is 0 Å². The fraction of sp³-hybridized carbons (Fsp3) is 0.531. The molecule has 2 fully saturated rings. The van der Waals surface area contributed by atoms with Gasteiger partial charge < -0.3 is 25.0 Å². The third-order valence-electron chi connectivity index (χ3n) is 12.0. The highest BCUT2D eigenvalue weighted by Gasteiger charge is 2.34. The SMILES string of the molecule is Cc1cc(S(=O)(=O)NC2CCN(C(=O)OC(C)(C)C)C(C)C2)ccc1-c1ccc(C[C@H](CC(=O)C2CCC(CNC(=O)OC(C)(C)C)CC2)C(=O)Nc2ccc(C3=NCN=N3)cc2)cc1. The van der Waals surface area contributed by atoms with Crippen LogP contribution >= 0.6 is 0 Å². The van der Waals surface area contributed by atoms with Gasteiger partial charge in [-0.2, -0.15) is 5.11 Å². The number of benzene rings is 3. The quantitative estimate of drug-likeness (QED) is 0.142. The molecule has 2 heterocycles. The monoisotopic (exact) mass is 911 g/mol. The number of carbonyl (C=O) groups is 4. The van der Waals surface area contributed by atoms with Crippen LogP contribution in [0.15, 0.2) is 86.8 Å². The van der Waals surface area contributed by atoms with Crippen LogP contribution in [-0.4, -0.2) is 86.1 Å². The highest BCUT2D eigenvalue weighted by molar-refractivity contribution is 7.89. The summed E-state index contributed by atoms with van der Waals surface area (Å²) in [6.07, 6.45) is 3.47. The molecule has 3 amide bonds. The number of likely N-dealkylation sites (tertiary alicyclic amines) is 1. The fourth-order valence-corrected chi connectivity index (χ4v) is 9.98. The number of aryl methyl sites for hydroxylation is 1. The highest BCUT2D eigenvalue weighted by Crippen LogP contribution is 2.33. The number of piperidine rings is 1. The number of ether oxygens (including phenoxy) is 2. The van der Waals surface area contributed by atoms with E-state index in [1.54, 1.807) is 35.2 Å². The number of azo groups is 1. The van der Waals surface area contributed by atoms with Crippen LogP contribution in [0.5, 0.6) is 0 Å². The molecule has 3 atom stereocenters. The molecule has 0 bridgehead atoms. The Morgan fingerprint density at radius 1 is 0.846 bits per heavy atom. The standard InChI is InChI=1S/C49H65N7O8S/c1-31-25-41(65(61,62)55-40-23-24-56(32(2)26-40)47(60)64-49(6,7)8)21-22-42(31)35-13-9-33(10-14-35)27-38(45(58)53-39-19-17-37(18-20-39)44-51-30-52-54-44)28-43(57)36-15-11-34(12-16-36)29-50-46(59)63-48(3,4)5/h9-10,13-14,17-22,25,32,34,36,38,40,55H,11-12,15-16,23-24,26-30H2,1-8H3,(H,50,59)(H,53,58)/t32?,34?,36?,38-,40?/m1/s1. The van der Waals surface area contributed by atoms with Crippen molar-refractivity contribution in [2.24, 2.45) is 33.0 Å². The summed E-state index contributed by atoms with van der Waals surface area (Å²) in [4.78, 5) is 58.9. The van der Waals surface area contributed by atoms with Crippen molar-refractivity contribution in [2.75, 3.05) is 25.1 Å². The van der Waals surface area contributed by atoms with E-state index in [1.807, 2.05) is 91.8 Å². The third-order valence-corrected chi connectivity index (χ3v) is 13.5. The molecule has 0 spiro atoms. The molecule has 3 aromatic rings. The molecule has 0 radical (unpaired) electrons. The first-order valence-electron chi connectivity index (χ1n) is 22.7. The number of nitrogens with zero attached hydrogens (tertiary/aromatic N) is 4. The third kappa shape index (κ3) is 14.0. The number of ketones is 1. The summed E-state index contributed by atoms with van der Waals surface area (Å²) in [6.45, 7) is 15.9. The van der Waals surface area contributed by atoms with Gasteiger partial charge >= 0.3 is 12.2 Å². The zero-order valence-corrected chi connectivity index (χ0v) is 39.8. The molecule has 65 heavy (non-hydrogen) atoms. The molecule has 6 rings (SSSR count). The molecule has 3 aromatic carbocycles. The van der Waals surface area contributed by atoms with Crippen molar-refractivity contribution < 1.29 is 37.1 Å². The van der Waals surface area contributed by atoms with Crippen LogP contribution in [0.1, 0.15) is 110 Å². The molecule has 2 aliphatic heterocycles. The lowest BCUT2D eigenvalue weighted by molar-refractivity contribution is -0.129. The predicted octanol–water partition coefficient (Wildman–Crippen LogP) is 8.99. The van der Waals surface area contributed by atoms with Gasteiger partial charge in [0.05, 0.1) is 4.90 Å². The maximum Gasteiger partial charge on any atom is 0.410 e. The lowest BCUT2D eigenvalue weighted by Gasteiger charge is -2.38. The zero-order valence-electron chi connectivity index (χ0n) is 39.0. The van der Waals surface area contributed by atoms with Gasteiger partial charge in [-0.05, 0) is 165 Å². The summed E-state index contributed by atoms with van der Waals surface area (Å²) in [5, 5.41) is 13.8. The van der Waals surface area contributed by atoms with E-state index < -0.39 is 39.3 Å². The van der Waals surface area contributed by atoms with E-state index in [9.17, 15) is 27.6 Å². The molecule has 15 nitrogen and oxygen atoms in total. The number of nitrogens with one attached hydrogen (secondary N) is 3. The average Bonchev–Trinajstić information content (AvgIpc) is 3.77. The first kappa shape index (κ1) is 49.0. The minimum Gasteiger partial charge on any atom is -0.444 e. The normalized spacial score (nSPS) is 20.7. The molecule has 1 saturated heterocycles. The number of hydrogen-bond donors (Lipinski definition) is 3. The van der Waals surface area contributed by atoms with Crippen molar-refractivity contribution >= 4 is 45.4 Å². The largest absolute Gasteiger partial charge is 0.444 e. The minimum absolute atomic E-state index is 0.0567. The van der Waals surface area contributed by atoms with Crippen molar-refractivity contribution in [1.82, 2.24) is 14.9 Å². The van der Waals surface area contributed by atoms with Crippen LogP contribution in [-0.2, 0) is 35.5 Å². The number of alkyl carbamates (subject to hydrolysis) is 1. The van der Waals surface area contributed by atoms with Gasteiger partial charge in [-0.3, -0.25) is 9.59 Å². The van der Waals surface area contributed by atoms with Gasteiger partial charge in [0, 0.05) is 54.7 Å². The second-order valence-electron chi connectivity index (χ2n) is 19.6. The Kier molecular flexibility index (Phi) is 15.7. The number of carbonyl (C=O) groups excluding carboxylic acids is 4. The van der Waals surface area contributed by atoms with Crippen molar-refractivity contribution in [1.29, 1.82) is 0 Å². The fourth-order valence-electron chi connectivity index (χ4n) is 8.61. The number of amides is 3. The minimum atomic E-state index is -3.84.